The second-order valence-electron chi connectivity index (χ2n) is 4.42. The van der Waals surface area contributed by atoms with Gasteiger partial charge in [0.1, 0.15) is 16.8 Å². The van der Waals surface area contributed by atoms with Gasteiger partial charge >= 0.3 is 0 Å². The number of rotatable bonds is 7. The molecule has 0 aromatic carbocycles. The second-order valence-corrected chi connectivity index (χ2v) is 6.05. The zero-order valence-corrected chi connectivity index (χ0v) is 13.2. The predicted octanol–water partition coefficient (Wildman–Crippen LogP) is 3.94. The summed E-state index contributed by atoms with van der Waals surface area (Å²) < 4.78 is 0. The Bertz CT molecular complexity index is 385. The molecule has 0 aliphatic heterocycles. The molecule has 18 heavy (non-hydrogen) atoms. The number of aromatic nitrogens is 2. The maximum absolute atomic E-state index is 6.13. The smallest absolute Gasteiger partial charge is 0.137 e. The SMILES string of the molecule is CCCc1nc(Cl)c(C)c(NCCC(C)SC)n1. The maximum atomic E-state index is 6.13. The quantitative estimate of drug-likeness (QED) is 0.771. The molecule has 0 radical (unpaired) electrons. The van der Waals surface area contributed by atoms with Crippen LogP contribution >= 0.6 is 23.4 Å². The Morgan fingerprint density at radius 1 is 1.39 bits per heavy atom. The molecule has 1 aromatic heterocycles. The van der Waals surface area contributed by atoms with E-state index in [9.17, 15) is 0 Å². The summed E-state index contributed by atoms with van der Waals surface area (Å²) in [5, 5.41) is 4.59. The summed E-state index contributed by atoms with van der Waals surface area (Å²) in [7, 11) is 0. The third kappa shape index (κ3) is 4.65. The number of halogens is 1. The highest BCUT2D eigenvalue weighted by Gasteiger charge is 2.09. The number of hydrogen-bond donors (Lipinski definition) is 1. The number of anilines is 1. The van der Waals surface area contributed by atoms with Crippen LogP contribution in [-0.4, -0.2) is 28.0 Å². The largest absolute Gasteiger partial charge is 0.370 e. The standard InChI is InChI=1S/C13H22ClN3S/c1-5-6-11-16-12(14)10(3)13(17-11)15-8-7-9(2)18-4/h9H,5-8H2,1-4H3,(H,15,16,17). The van der Waals surface area contributed by atoms with Crippen molar-refractivity contribution in [2.75, 3.05) is 18.1 Å². The fraction of sp³-hybridized carbons (Fsp3) is 0.692. The lowest BCUT2D eigenvalue weighted by Crippen LogP contribution is -2.11. The molecule has 1 rings (SSSR count). The lowest BCUT2D eigenvalue weighted by Gasteiger charge is -2.13. The first-order chi connectivity index (χ1) is 8.58. The maximum Gasteiger partial charge on any atom is 0.137 e. The molecule has 102 valence electrons. The summed E-state index contributed by atoms with van der Waals surface area (Å²) in [6.07, 6.45) is 5.15. The monoisotopic (exact) mass is 287 g/mol. The molecule has 1 N–H and O–H groups in total. The van der Waals surface area contributed by atoms with E-state index in [4.69, 9.17) is 11.6 Å². The van der Waals surface area contributed by atoms with Gasteiger partial charge in [0.2, 0.25) is 0 Å². The van der Waals surface area contributed by atoms with Crippen LogP contribution < -0.4 is 5.32 Å². The minimum atomic E-state index is 0.564. The number of hydrogen-bond acceptors (Lipinski definition) is 4. The summed E-state index contributed by atoms with van der Waals surface area (Å²) in [5.74, 6) is 1.71. The number of nitrogens with zero attached hydrogens (tertiary/aromatic N) is 2. The van der Waals surface area contributed by atoms with E-state index in [2.05, 4.69) is 35.4 Å². The molecule has 3 nitrogen and oxygen atoms in total. The number of thioether (sulfide) groups is 1. The molecule has 1 atom stereocenters. The third-order valence-electron chi connectivity index (χ3n) is 2.85. The van der Waals surface area contributed by atoms with E-state index in [0.29, 0.717) is 10.4 Å². The second kappa shape index (κ2) is 7.85. The first-order valence-corrected chi connectivity index (χ1v) is 8.04. The van der Waals surface area contributed by atoms with Gasteiger partial charge in [-0.2, -0.15) is 11.8 Å². The van der Waals surface area contributed by atoms with Crippen LogP contribution in [0, 0.1) is 6.92 Å². The summed E-state index contributed by atoms with van der Waals surface area (Å²) >= 11 is 8.01. The van der Waals surface area contributed by atoms with Crippen LogP contribution in [0.25, 0.3) is 0 Å². The van der Waals surface area contributed by atoms with Crippen molar-refractivity contribution < 1.29 is 0 Å². The molecule has 0 amide bonds. The first kappa shape index (κ1) is 15.6. The highest BCUT2D eigenvalue weighted by atomic mass is 35.5. The Balaban J connectivity index is 2.68. The molecule has 0 aliphatic carbocycles. The van der Waals surface area contributed by atoms with Gasteiger partial charge < -0.3 is 5.32 Å². The van der Waals surface area contributed by atoms with Gasteiger partial charge in [0.25, 0.3) is 0 Å². The summed E-state index contributed by atoms with van der Waals surface area (Å²) in [5.41, 5.74) is 0.938. The predicted molar refractivity (Wildman–Crippen MR) is 81.9 cm³/mol. The van der Waals surface area contributed by atoms with Gasteiger partial charge in [-0.25, -0.2) is 9.97 Å². The van der Waals surface area contributed by atoms with Crippen molar-refractivity contribution in [3.05, 3.63) is 16.5 Å². The molecule has 0 saturated carbocycles. The van der Waals surface area contributed by atoms with Crippen LogP contribution in [0.1, 0.15) is 38.1 Å². The zero-order chi connectivity index (χ0) is 13.5. The minimum absolute atomic E-state index is 0.564. The minimum Gasteiger partial charge on any atom is -0.370 e. The van der Waals surface area contributed by atoms with Crippen LogP contribution in [0.15, 0.2) is 0 Å². The van der Waals surface area contributed by atoms with Gasteiger partial charge in [0.15, 0.2) is 0 Å². The average Bonchev–Trinajstić information content (AvgIpc) is 2.35. The summed E-state index contributed by atoms with van der Waals surface area (Å²) in [6, 6.07) is 0. The fourth-order valence-corrected chi connectivity index (χ4v) is 2.09. The molecular formula is C13H22ClN3S. The molecule has 0 bridgehead atoms. The number of nitrogens with one attached hydrogen (secondary N) is 1. The van der Waals surface area contributed by atoms with Gasteiger partial charge in [0, 0.05) is 23.8 Å². The van der Waals surface area contributed by atoms with E-state index in [0.717, 1.165) is 43.0 Å². The van der Waals surface area contributed by atoms with E-state index in [1.807, 2.05) is 18.7 Å². The Hall–Kier alpha value is -0.480. The Morgan fingerprint density at radius 3 is 2.72 bits per heavy atom. The Morgan fingerprint density at radius 2 is 2.11 bits per heavy atom. The molecule has 5 heteroatoms. The van der Waals surface area contributed by atoms with Gasteiger partial charge in [-0.3, -0.25) is 0 Å². The van der Waals surface area contributed by atoms with Crippen molar-refractivity contribution in [2.24, 2.45) is 0 Å². The normalized spacial score (nSPS) is 12.5. The highest BCUT2D eigenvalue weighted by Crippen LogP contribution is 2.20. The number of aryl methyl sites for hydroxylation is 1. The van der Waals surface area contributed by atoms with Crippen LogP contribution in [0.5, 0.6) is 0 Å². The van der Waals surface area contributed by atoms with Crippen LogP contribution in [0.2, 0.25) is 5.15 Å². The Kier molecular flexibility index (Phi) is 6.79. The van der Waals surface area contributed by atoms with Gasteiger partial charge in [-0.15, -0.1) is 0 Å². The van der Waals surface area contributed by atoms with E-state index in [1.54, 1.807) is 0 Å². The molecule has 1 unspecified atom stereocenters. The van der Waals surface area contributed by atoms with Crippen molar-refractivity contribution in [1.82, 2.24) is 9.97 Å². The van der Waals surface area contributed by atoms with Gasteiger partial charge in [-0.1, -0.05) is 25.4 Å². The lowest BCUT2D eigenvalue weighted by atomic mass is 10.2. The van der Waals surface area contributed by atoms with Gasteiger partial charge in [-0.05, 0) is 26.0 Å². The molecule has 0 spiro atoms. The molecule has 0 fully saturated rings. The highest BCUT2D eigenvalue weighted by molar-refractivity contribution is 7.99. The topological polar surface area (TPSA) is 37.8 Å². The fourth-order valence-electron chi connectivity index (χ4n) is 1.55. The van der Waals surface area contributed by atoms with Crippen molar-refractivity contribution in [3.8, 4) is 0 Å². The molecule has 1 heterocycles. The average molecular weight is 288 g/mol. The first-order valence-electron chi connectivity index (χ1n) is 6.38. The van der Waals surface area contributed by atoms with Crippen LogP contribution in [-0.2, 0) is 6.42 Å². The van der Waals surface area contributed by atoms with Crippen molar-refractivity contribution in [3.63, 3.8) is 0 Å². The molecule has 1 aromatic rings. The van der Waals surface area contributed by atoms with Crippen LogP contribution in [0.3, 0.4) is 0 Å². The van der Waals surface area contributed by atoms with Crippen molar-refractivity contribution >= 4 is 29.2 Å². The molecular weight excluding hydrogens is 266 g/mol. The van der Waals surface area contributed by atoms with E-state index in [1.165, 1.54) is 0 Å². The lowest BCUT2D eigenvalue weighted by molar-refractivity contribution is 0.817. The van der Waals surface area contributed by atoms with Crippen molar-refractivity contribution in [1.29, 1.82) is 0 Å². The van der Waals surface area contributed by atoms with Crippen LogP contribution in [0.4, 0.5) is 5.82 Å². The third-order valence-corrected chi connectivity index (χ3v) is 4.26. The summed E-state index contributed by atoms with van der Waals surface area (Å²) in [6.45, 7) is 7.22. The van der Waals surface area contributed by atoms with Gasteiger partial charge in [0.05, 0.1) is 0 Å². The van der Waals surface area contributed by atoms with E-state index in [-0.39, 0.29) is 0 Å². The van der Waals surface area contributed by atoms with E-state index < -0.39 is 0 Å². The Labute approximate surface area is 119 Å². The molecule has 0 aliphatic rings. The van der Waals surface area contributed by atoms with Crippen molar-refractivity contribution in [2.45, 2.75) is 45.3 Å². The van der Waals surface area contributed by atoms with E-state index >= 15 is 0 Å². The summed E-state index contributed by atoms with van der Waals surface area (Å²) in [4.78, 5) is 8.82. The molecule has 0 saturated heterocycles. The zero-order valence-electron chi connectivity index (χ0n) is 11.6.